The van der Waals surface area contributed by atoms with Crippen LogP contribution in [-0.2, 0) is 19.6 Å². The number of ether oxygens (including phenoxy) is 2. The lowest BCUT2D eigenvalue weighted by Crippen LogP contribution is -2.26. The standard InChI is InChI=1S/C21H27N3O6S/c1-15-4-7-19(8-5-15)31(27,28)24-18-6-9-20(29-12-10-22-16(2)25)21(14-18)30-13-11-23-17(3)26/h4-9,14,24H,10-13H2,1-3H3,(H,22,25)(H,23,26). The number of aryl methyl sites for hydroxylation is 1. The zero-order valence-corrected chi connectivity index (χ0v) is 18.5. The molecule has 0 atom stereocenters. The van der Waals surface area contributed by atoms with Gasteiger partial charge in [-0.05, 0) is 31.2 Å². The summed E-state index contributed by atoms with van der Waals surface area (Å²) in [5, 5.41) is 5.24. The largest absolute Gasteiger partial charge is 0.488 e. The number of carbonyl (C=O) groups is 2. The summed E-state index contributed by atoms with van der Waals surface area (Å²) in [6.07, 6.45) is 0. The lowest BCUT2D eigenvalue weighted by Gasteiger charge is -2.15. The molecule has 0 saturated heterocycles. The van der Waals surface area contributed by atoms with Gasteiger partial charge in [-0.15, -0.1) is 0 Å². The summed E-state index contributed by atoms with van der Waals surface area (Å²) in [5.74, 6) is 0.329. The van der Waals surface area contributed by atoms with Gasteiger partial charge in [-0.1, -0.05) is 17.7 Å². The van der Waals surface area contributed by atoms with Crippen LogP contribution in [0.25, 0.3) is 0 Å². The lowest BCUT2D eigenvalue weighted by molar-refractivity contribution is -0.119. The van der Waals surface area contributed by atoms with Crippen LogP contribution < -0.4 is 24.8 Å². The fraction of sp³-hybridized carbons (Fsp3) is 0.333. The highest BCUT2D eigenvalue weighted by molar-refractivity contribution is 7.92. The first kappa shape index (κ1) is 24.0. The fourth-order valence-corrected chi connectivity index (χ4v) is 3.56. The Kier molecular flexibility index (Phi) is 8.68. The molecule has 9 nitrogen and oxygen atoms in total. The van der Waals surface area contributed by atoms with E-state index in [1.54, 1.807) is 24.3 Å². The van der Waals surface area contributed by atoms with Crippen molar-refractivity contribution in [1.29, 1.82) is 0 Å². The smallest absolute Gasteiger partial charge is 0.261 e. The fourth-order valence-electron chi connectivity index (χ4n) is 2.51. The first-order chi connectivity index (χ1) is 14.7. The van der Waals surface area contributed by atoms with E-state index in [9.17, 15) is 18.0 Å². The molecular formula is C21H27N3O6S. The minimum atomic E-state index is -3.78. The second-order valence-electron chi connectivity index (χ2n) is 6.74. The van der Waals surface area contributed by atoms with Crippen molar-refractivity contribution < 1.29 is 27.5 Å². The molecule has 0 spiro atoms. The number of hydrogen-bond acceptors (Lipinski definition) is 6. The maximum absolute atomic E-state index is 12.6. The number of anilines is 1. The molecule has 2 amide bonds. The Morgan fingerprint density at radius 2 is 1.39 bits per heavy atom. The van der Waals surface area contributed by atoms with Crippen LogP contribution in [0.4, 0.5) is 5.69 Å². The molecule has 0 fully saturated rings. The van der Waals surface area contributed by atoms with Gasteiger partial charge in [-0.25, -0.2) is 8.42 Å². The maximum Gasteiger partial charge on any atom is 0.261 e. The molecule has 0 aliphatic rings. The van der Waals surface area contributed by atoms with Crippen LogP contribution in [0.15, 0.2) is 47.4 Å². The molecular weight excluding hydrogens is 422 g/mol. The van der Waals surface area contributed by atoms with Crippen molar-refractivity contribution in [1.82, 2.24) is 10.6 Å². The van der Waals surface area contributed by atoms with Crippen LogP contribution in [0.5, 0.6) is 11.5 Å². The number of nitrogens with one attached hydrogen (secondary N) is 3. The second kappa shape index (κ2) is 11.2. The van der Waals surface area contributed by atoms with Crippen molar-refractivity contribution >= 4 is 27.5 Å². The van der Waals surface area contributed by atoms with Gasteiger partial charge in [0.2, 0.25) is 11.8 Å². The lowest BCUT2D eigenvalue weighted by atomic mass is 10.2. The van der Waals surface area contributed by atoms with E-state index in [0.717, 1.165) is 5.56 Å². The highest BCUT2D eigenvalue weighted by atomic mass is 32.2. The SMILES string of the molecule is CC(=O)NCCOc1ccc(NS(=O)(=O)c2ccc(C)cc2)cc1OCCNC(C)=O. The van der Waals surface area contributed by atoms with Crippen LogP contribution in [0.1, 0.15) is 19.4 Å². The van der Waals surface area contributed by atoms with Crippen molar-refractivity contribution in [3.63, 3.8) is 0 Å². The number of hydrogen-bond donors (Lipinski definition) is 3. The minimum Gasteiger partial charge on any atom is -0.488 e. The van der Waals surface area contributed by atoms with E-state index in [1.807, 2.05) is 6.92 Å². The van der Waals surface area contributed by atoms with E-state index in [1.165, 1.54) is 32.0 Å². The number of sulfonamides is 1. The molecule has 0 aliphatic carbocycles. The molecule has 0 saturated carbocycles. The van der Waals surface area contributed by atoms with E-state index >= 15 is 0 Å². The molecule has 0 heterocycles. The minimum absolute atomic E-state index is 0.141. The number of rotatable bonds is 11. The highest BCUT2D eigenvalue weighted by Crippen LogP contribution is 2.31. The van der Waals surface area contributed by atoms with Gasteiger partial charge in [0.25, 0.3) is 10.0 Å². The summed E-state index contributed by atoms with van der Waals surface area (Å²) in [6.45, 7) is 5.63. The predicted molar refractivity (Wildman–Crippen MR) is 117 cm³/mol. The third-order valence-electron chi connectivity index (χ3n) is 3.99. The summed E-state index contributed by atoms with van der Waals surface area (Å²) >= 11 is 0. The molecule has 3 N–H and O–H groups in total. The monoisotopic (exact) mass is 449 g/mol. The van der Waals surface area contributed by atoms with Gasteiger partial charge in [0.05, 0.1) is 23.7 Å². The van der Waals surface area contributed by atoms with Crippen molar-refractivity contribution in [2.24, 2.45) is 0 Å². The Morgan fingerprint density at radius 3 is 1.94 bits per heavy atom. The summed E-state index contributed by atoms with van der Waals surface area (Å²) in [4.78, 5) is 22.1. The predicted octanol–water partition coefficient (Wildman–Crippen LogP) is 1.83. The third kappa shape index (κ3) is 8.17. The van der Waals surface area contributed by atoms with Gasteiger partial charge in [-0.3, -0.25) is 14.3 Å². The average molecular weight is 450 g/mol. The molecule has 0 aliphatic heterocycles. The van der Waals surface area contributed by atoms with E-state index in [2.05, 4.69) is 15.4 Å². The van der Waals surface area contributed by atoms with Crippen LogP contribution in [0.2, 0.25) is 0 Å². The molecule has 0 radical (unpaired) electrons. The first-order valence-corrected chi connectivity index (χ1v) is 11.1. The van der Waals surface area contributed by atoms with Crippen LogP contribution in [0, 0.1) is 6.92 Å². The van der Waals surface area contributed by atoms with Gasteiger partial charge in [-0.2, -0.15) is 0 Å². The number of carbonyl (C=O) groups excluding carboxylic acids is 2. The highest BCUT2D eigenvalue weighted by Gasteiger charge is 2.16. The second-order valence-corrected chi connectivity index (χ2v) is 8.43. The molecule has 168 valence electrons. The Labute approximate surface area is 182 Å². The van der Waals surface area contributed by atoms with E-state index in [-0.39, 0.29) is 36.5 Å². The van der Waals surface area contributed by atoms with Crippen LogP contribution in [0.3, 0.4) is 0 Å². The quantitative estimate of drug-likeness (QED) is 0.450. The first-order valence-electron chi connectivity index (χ1n) is 9.65. The molecule has 2 rings (SSSR count). The zero-order chi connectivity index (χ0) is 22.9. The summed E-state index contributed by atoms with van der Waals surface area (Å²) < 4.78 is 39.1. The Bertz CT molecular complexity index is 1010. The molecule has 10 heteroatoms. The molecule has 2 aromatic rings. The Morgan fingerprint density at radius 1 is 0.839 bits per heavy atom. The van der Waals surface area contributed by atoms with E-state index < -0.39 is 10.0 Å². The van der Waals surface area contributed by atoms with Gasteiger partial charge < -0.3 is 20.1 Å². The summed E-state index contributed by atoms with van der Waals surface area (Å²) in [5.41, 5.74) is 1.25. The van der Waals surface area contributed by atoms with Gasteiger partial charge in [0.1, 0.15) is 13.2 Å². The van der Waals surface area contributed by atoms with E-state index in [0.29, 0.717) is 23.7 Å². The van der Waals surface area contributed by atoms with Crippen molar-refractivity contribution in [2.75, 3.05) is 31.0 Å². The average Bonchev–Trinajstić information content (AvgIpc) is 2.69. The van der Waals surface area contributed by atoms with Crippen molar-refractivity contribution in [3.8, 4) is 11.5 Å². The third-order valence-corrected chi connectivity index (χ3v) is 5.39. The summed E-state index contributed by atoms with van der Waals surface area (Å²) in [7, 11) is -3.78. The van der Waals surface area contributed by atoms with E-state index in [4.69, 9.17) is 9.47 Å². The maximum atomic E-state index is 12.6. The topological polar surface area (TPSA) is 123 Å². The molecule has 0 unspecified atom stereocenters. The number of benzene rings is 2. The molecule has 2 aromatic carbocycles. The van der Waals surface area contributed by atoms with Gasteiger partial charge in [0, 0.05) is 19.9 Å². The van der Waals surface area contributed by atoms with Crippen LogP contribution in [-0.4, -0.2) is 46.5 Å². The summed E-state index contributed by atoms with van der Waals surface area (Å²) in [6, 6.07) is 11.1. The van der Waals surface area contributed by atoms with Crippen molar-refractivity contribution in [2.45, 2.75) is 25.7 Å². The molecule has 31 heavy (non-hydrogen) atoms. The van der Waals surface area contributed by atoms with Gasteiger partial charge in [0.15, 0.2) is 11.5 Å². The Balaban J connectivity index is 2.15. The number of amides is 2. The molecule has 0 bridgehead atoms. The Hall–Kier alpha value is -3.27. The van der Waals surface area contributed by atoms with Crippen molar-refractivity contribution in [3.05, 3.63) is 48.0 Å². The molecule has 0 aromatic heterocycles. The zero-order valence-electron chi connectivity index (χ0n) is 17.7. The van der Waals surface area contributed by atoms with Gasteiger partial charge >= 0.3 is 0 Å². The normalized spacial score (nSPS) is 10.8. The van der Waals surface area contributed by atoms with Crippen LogP contribution >= 0.6 is 0 Å².